The molecule has 1 unspecified atom stereocenters. The molecule has 1 atom stereocenters. The van der Waals surface area contributed by atoms with Crippen molar-refractivity contribution in [3.8, 4) is 0 Å². The van der Waals surface area contributed by atoms with Crippen molar-refractivity contribution in [2.45, 2.75) is 6.04 Å². The molecule has 3 aromatic carbocycles. The number of amides is 2. The Morgan fingerprint density at radius 2 is 1.68 bits per heavy atom. The predicted molar refractivity (Wildman–Crippen MR) is 117 cm³/mol. The molecule has 0 saturated heterocycles. The van der Waals surface area contributed by atoms with E-state index in [2.05, 4.69) is 5.32 Å². The first-order chi connectivity index (χ1) is 15.0. The molecule has 5 rings (SSSR count). The zero-order valence-electron chi connectivity index (χ0n) is 16.9. The summed E-state index contributed by atoms with van der Waals surface area (Å²) in [6.45, 7) is -0.112. The number of fused-ring (bicyclic) bond motifs is 2. The molecule has 1 aromatic heterocycles. The van der Waals surface area contributed by atoms with Crippen molar-refractivity contribution < 1.29 is 14.0 Å². The molecule has 1 aliphatic rings. The standard InChI is InChI=1S/C25H20FN3O2/c1-28-14-21(18-6-4-5-9-22(18)28)24-19-7-2-3-8-20(19)25(31)29(24)15-23(30)27-17-12-10-16(26)11-13-17/h2-14,24H,15H2,1H3,(H,27,30). The van der Waals surface area contributed by atoms with Gasteiger partial charge in [0.1, 0.15) is 12.4 Å². The van der Waals surface area contributed by atoms with Gasteiger partial charge < -0.3 is 14.8 Å². The number of nitrogens with one attached hydrogen (secondary N) is 1. The number of rotatable bonds is 4. The second kappa shape index (κ2) is 7.40. The van der Waals surface area contributed by atoms with Crippen molar-refractivity contribution in [3.05, 3.63) is 102 Å². The van der Waals surface area contributed by atoms with Gasteiger partial charge in [0.15, 0.2) is 0 Å². The summed E-state index contributed by atoms with van der Waals surface area (Å²) in [6, 6.07) is 20.7. The largest absolute Gasteiger partial charge is 0.350 e. The van der Waals surface area contributed by atoms with Crippen molar-refractivity contribution >= 4 is 28.4 Å². The number of aromatic nitrogens is 1. The van der Waals surface area contributed by atoms with E-state index in [0.29, 0.717) is 11.3 Å². The van der Waals surface area contributed by atoms with Gasteiger partial charge in [-0.2, -0.15) is 0 Å². The molecule has 0 aliphatic carbocycles. The lowest BCUT2D eigenvalue weighted by Crippen LogP contribution is -2.36. The third kappa shape index (κ3) is 3.26. The lowest BCUT2D eigenvalue weighted by Gasteiger charge is -2.25. The summed E-state index contributed by atoms with van der Waals surface area (Å²) in [7, 11) is 1.97. The van der Waals surface area contributed by atoms with Crippen LogP contribution in [0.5, 0.6) is 0 Å². The van der Waals surface area contributed by atoms with Crippen LogP contribution in [-0.4, -0.2) is 27.8 Å². The number of aryl methyl sites for hydroxylation is 1. The summed E-state index contributed by atoms with van der Waals surface area (Å²) < 4.78 is 15.2. The highest BCUT2D eigenvalue weighted by Crippen LogP contribution is 2.41. The average Bonchev–Trinajstić information content (AvgIpc) is 3.24. The fourth-order valence-corrected chi connectivity index (χ4v) is 4.35. The van der Waals surface area contributed by atoms with Gasteiger partial charge in [0.2, 0.25) is 5.91 Å². The topological polar surface area (TPSA) is 54.3 Å². The SMILES string of the molecule is Cn1cc(C2c3ccccc3C(=O)N2CC(=O)Nc2ccc(F)cc2)c2ccccc21. The first-order valence-electron chi connectivity index (χ1n) is 10.0. The third-order valence-corrected chi connectivity index (χ3v) is 5.72. The van der Waals surface area contributed by atoms with Crippen LogP contribution in [0.2, 0.25) is 0 Å². The monoisotopic (exact) mass is 413 g/mol. The van der Waals surface area contributed by atoms with E-state index in [1.807, 2.05) is 60.3 Å². The van der Waals surface area contributed by atoms with Crippen LogP contribution in [0.25, 0.3) is 10.9 Å². The van der Waals surface area contributed by atoms with E-state index in [1.54, 1.807) is 11.0 Å². The third-order valence-electron chi connectivity index (χ3n) is 5.72. The molecule has 6 heteroatoms. The summed E-state index contributed by atoms with van der Waals surface area (Å²) in [5.41, 5.74) is 4.02. The Labute approximate surface area is 178 Å². The average molecular weight is 413 g/mol. The lowest BCUT2D eigenvalue weighted by atomic mass is 9.97. The van der Waals surface area contributed by atoms with Crippen molar-refractivity contribution in [2.75, 3.05) is 11.9 Å². The number of para-hydroxylation sites is 1. The number of hydrogen-bond donors (Lipinski definition) is 1. The maximum Gasteiger partial charge on any atom is 0.255 e. The van der Waals surface area contributed by atoms with E-state index >= 15 is 0 Å². The van der Waals surface area contributed by atoms with Crippen LogP contribution in [0.3, 0.4) is 0 Å². The van der Waals surface area contributed by atoms with Crippen LogP contribution in [-0.2, 0) is 11.8 Å². The van der Waals surface area contributed by atoms with Gasteiger partial charge >= 0.3 is 0 Å². The molecule has 2 amide bonds. The fourth-order valence-electron chi connectivity index (χ4n) is 4.35. The highest BCUT2D eigenvalue weighted by atomic mass is 19.1. The molecule has 154 valence electrons. The number of nitrogens with zero attached hydrogens (tertiary/aromatic N) is 2. The van der Waals surface area contributed by atoms with Crippen molar-refractivity contribution in [1.82, 2.24) is 9.47 Å². The van der Waals surface area contributed by atoms with Crippen molar-refractivity contribution in [2.24, 2.45) is 7.05 Å². The molecular formula is C25H20FN3O2. The first-order valence-corrected chi connectivity index (χ1v) is 10.0. The molecule has 0 fully saturated rings. The molecule has 0 radical (unpaired) electrons. The second-order valence-electron chi connectivity index (χ2n) is 7.69. The molecule has 31 heavy (non-hydrogen) atoms. The molecule has 1 aliphatic heterocycles. The Morgan fingerprint density at radius 1 is 0.968 bits per heavy atom. The first kappa shape index (κ1) is 19.1. The zero-order chi connectivity index (χ0) is 21.5. The molecule has 5 nitrogen and oxygen atoms in total. The van der Waals surface area contributed by atoms with Crippen LogP contribution >= 0.6 is 0 Å². The van der Waals surface area contributed by atoms with Gasteiger partial charge in [-0.25, -0.2) is 4.39 Å². The predicted octanol–water partition coefficient (Wildman–Crippen LogP) is 4.50. The van der Waals surface area contributed by atoms with Crippen LogP contribution in [0.4, 0.5) is 10.1 Å². The number of halogens is 1. The highest BCUT2D eigenvalue weighted by molar-refractivity contribution is 6.04. The maximum atomic E-state index is 13.2. The Kier molecular flexibility index (Phi) is 4.55. The van der Waals surface area contributed by atoms with E-state index < -0.39 is 0 Å². The van der Waals surface area contributed by atoms with Gasteiger partial charge in [-0.15, -0.1) is 0 Å². The number of anilines is 1. The van der Waals surface area contributed by atoms with Gasteiger partial charge in [-0.3, -0.25) is 9.59 Å². The molecular weight excluding hydrogens is 393 g/mol. The van der Waals surface area contributed by atoms with E-state index in [4.69, 9.17) is 0 Å². The molecule has 1 N–H and O–H groups in total. The molecule has 4 aromatic rings. The van der Waals surface area contributed by atoms with E-state index in [0.717, 1.165) is 22.0 Å². The Balaban J connectivity index is 1.53. The summed E-state index contributed by atoms with van der Waals surface area (Å²) in [4.78, 5) is 27.6. The molecule has 0 bridgehead atoms. The van der Waals surface area contributed by atoms with Gasteiger partial charge in [-0.1, -0.05) is 36.4 Å². The van der Waals surface area contributed by atoms with Crippen LogP contribution in [0, 0.1) is 5.82 Å². The minimum Gasteiger partial charge on any atom is -0.350 e. The second-order valence-corrected chi connectivity index (χ2v) is 7.69. The van der Waals surface area contributed by atoms with E-state index in [1.165, 1.54) is 24.3 Å². The summed E-state index contributed by atoms with van der Waals surface area (Å²) in [5.74, 6) is -0.889. The maximum absolute atomic E-state index is 13.2. The summed E-state index contributed by atoms with van der Waals surface area (Å²) >= 11 is 0. The normalized spacial score (nSPS) is 15.4. The number of carbonyl (C=O) groups excluding carboxylic acids is 2. The lowest BCUT2D eigenvalue weighted by molar-refractivity contribution is -0.117. The smallest absolute Gasteiger partial charge is 0.255 e. The highest BCUT2D eigenvalue weighted by Gasteiger charge is 2.39. The Morgan fingerprint density at radius 3 is 2.48 bits per heavy atom. The Hall–Kier alpha value is -3.93. The Bertz CT molecular complexity index is 1310. The molecule has 0 saturated carbocycles. The van der Waals surface area contributed by atoms with Gasteiger partial charge in [0.05, 0.1) is 6.04 Å². The quantitative estimate of drug-likeness (QED) is 0.536. The number of hydrogen-bond acceptors (Lipinski definition) is 2. The summed E-state index contributed by atoms with van der Waals surface area (Å²) in [6.07, 6.45) is 2.02. The van der Waals surface area contributed by atoms with E-state index in [9.17, 15) is 14.0 Å². The minimum absolute atomic E-state index is 0.112. The number of benzene rings is 3. The zero-order valence-corrected chi connectivity index (χ0v) is 16.9. The number of carbonyl (C=O) groups is 2. The van der Waals surface area contributed by atoms with Crippen LogP contribution in [0.1, 0.15) is 27.5 Å². The van der Waals surface area contributed by atoms with Crippen LogP contribution < -0.4 is 5.32 Å². The van der Waals surface area contributed by atoms with Crippen molar-refractivity contribution in [3.63, 3.8) is 0 Å². The van der Waals surface area contributed by atoms with Gasteiger partial charge in [-0.05, 0) is 42.0 Å². The summed E-state index contributed by atoms with van der Waals surface area (Å²) in [5, 5.41) is 3.80. The van der Waals surface area contributed by atoms with Crippen LogP contribution in [0.15, 0.2) is 79.0 Å². The van der Waals surface area contributed by atoms with Gasteiger partial charge in [0.25, 0.3) is 5.91 Å². The van der Waals surface area contributed by atoms with E-state index in [-0.39, 0.29) is 30.2 Å². The van der Waals surface area contributed by atoms with Gasteiger partial charge in [0, 0.05) is 41.0 Å². The minimum atomic E-state index is -0.376. The van der Waals surface area contributed by atoms with Crippen molar-refractivity contribution in [1.29, 1.82) is 0 Å². The fraction of sp³-hybridized carbons (Fsp3) is 0.120. The molecule has 0 spiro atoms. The molecule has 2 heterocycles.